The number of ether oxygens (including phenoxy) is 2. The molecule has 268 valence electrons. The molecule has 0 radical (unpaired) electrons. The van der Waals surface area contributed by atoms with E-state index in [1.54, 1.807) is 0 Å². The maximum absolute atomic E-state index is 12.2. The van der Waals surface area contributed by atoms with Crippen molar-refractivity contribution in [1.29, 1.82) is 0 Å². The van der Waals surface area contributed by atoms with Gasteiger partial charge in [0, 0.05) is 12.8 Å². The lowest BCUT2D eigenvalue weighted by molar-refractivity contribution is -0.161. The highest BCUT2D eigenvalue weighted by atomic mass is 16.6. The Hall–Kier alpha value is -1.88. The summed E-state index contributed by atoms with van der Waals surface area (Å²) in [5.74, 6) is -0.610. The number of carbonyl (C=O) groups is 2. The minimum absolute atomic E-state index is 0.0738. The van der Waals surface area contributed by atoms with Crippen molar-refractivity contribution in [3.8, 4) is 0 Å². The van der Waals surface area contributed by atoms with Crippen LogP contribution in [0.4, 0.5) is 0 Å². The summed E-state index contributed by atoms with van der Waals surface area (Å²) in [6.07, 6.45) is 44.8. The molecule has 46 heavy (non-hydrogen) atoms. The quantitative estimate of drug-likeness (QED) is 0.0421. The molecule has 0 spiro atoms. The number of carbonyl (C=O) groups excluding carboxylic acids is 2. The Morgan fingerprint density at radius 1 is 0.500 bits per heavy atom. The van der Waals surface area contributed by atoms with Gasteiger partial charge in [-0.25, -0.2) is 0 Å². The second kappa shape index (κ2) is 37.6. The third-order valence-electron chi connectivity index (χ3n) is 8.41. The number of aliphatic hydroxyl groups excluding tert-OH is 1. The van der Waals surface area contributed by atoms with Crippen LogP contribution in [0.1, 0.15) is 194 Å². The minimum atomic E-state index is -0.777. The zero-order chi connectivity index (χ0) is 33.6. The largest absolute Gasteiger partial charge is 0.462 e. The van der Waals surface area contributed by atoms with Gasteiger partial charge in [-0.15, -0.1) is 0 Å². The topological polar surface area (TPSA) is 72.8 Å². The average molecular weight is 647 g/mol. The molecule has 0 bridgehead atoms. The summed E-state index contributed by atoms with van der Waals surface area (Å²) in [7, 11) is 0. The van der Waals surface area contributed by atoms with Gasteiger partial charge in [0.2, 0.25) is 0 Å². The van der Waals surface area contributed by atoms with Crippen molar-refractivity contribution in [2.45, 2.75) is 200 Å². The fourth-order valence-electron chi connectivity index (χ4n) is 5.40. The molecule has 1 N–H and O–H groups in total. The van der Waals surface area contributed by atoms with E-state index in [1.165, 1.54) is 116 Å². The Morgan fingerprint density at radius 2 is 0.870 bits per heavy atom. The Morgan fingerprint density at radius 3 is 1.35 bits per heavy atom. The van der Waals surface area contributed by atoms with E-state index in [2.05, 4.69) is 50.3 Å². The van der Waals surface area contributed by atoms with Gasteiger partial charge in [0.1, 0.15) is 6.61 Å². The number of unbranched alkanes of at least 4 members (excludes halogenated alkanes) is 21. The van der Waals surface area contributed by atoms with Crippen molar-refractivity contribution in [3.05, 3.63) is 36.5 Å². The summed E-state index contributed by atoms with van der Waals surface area (Å²) in [6.45, 7) is 4.09. The van der Waals surface area contributed by atoms with Gasteiger partial charge >= 0.3 is 11.9 Å². The normalized spacial score (nSPS) is 12.5. The van der Waals surface area contributed by atoms with Crippen LogP contribution in [-0.4, -0.2) is 36.4 Å². The molecule has 1 unspecified atom stereocenters. The van der Waals surface area contributed by atoms with Gasteiger partial charge in [0.15, 0.2) is 6.10 Å². The zero-order valence-electron chi connectivity index (χ0n) is 30.3. The Labute approximate surface area is 285 Å². The fraction of sp³-hybridized carbons (Fsp3) is 0.805. The average Bonchev–Trinajstić information content (AvgIpc) is 3.06. The molecule has 0 saturated carbocycles. The zero-order valence-corrected chi connectivity index (χ0v) is 30.3. The lowest BCUT2D eigenvalue weighted by Gasteiger charge is -2.15. The van der Waals surface area contributed by atoms with E-state index in [1.807, 2.05) is 0 Å². The maximum Gasteiger partial charge on any atom is 0.306 e. The third kappa shape index (κ3) is 35.0. The molecule has 0 aliphatic rings. The second-order valence-corrected chi connectivity index (χ2v) is 13.0. The van der Waals surface area contributed by atoms with Gasteiger partial charge < -0.3 is 14.6 Å². The summed E-state index contributed by atoms with van der Waals surface area (Å²) in [5, 5.41) is 9.54. The number of esters is 2. The molecule has 0 aromatic carbocycles. The fourth-order valence-corrected chi connectivity index (χ4v) is 5.40. The van der Waals surface area contributed by atoms with Crippen LogP contribution in [0.2, 0.25) is 0 Å². The van der Waals surface area contributed by atoms with E-state index in [-0.39, 0.29) is 25.2 Å². The number of allylic oxidation sites excluding steroid dienone is 6. The first-order valence-electron chi connectivity index (χ1n) is 19.5. The molecular weight excluding hydrogens is 572 g/mol. The highest BCUT2D eigenvalue weighted by Gasteiger charge is 2.16. The number of aliphatic hydroxyl groups is 1. The van der Waals surface area contributed by atoms with Crippen LogP contribution in [0.5, 0.6) is 0 Å². The van der Waals surface area contributed by atoms with Gasteiger partial charge in [-0.2, -0.15) is 0 Å². The van der Waals surface area contributed by atoms with Crippen LogP contribution in [0, 0.1) is 0 Å². The van der Waals surface area contributed by atoms with Gasteiger partial charge in [0.25, 0.3) is 0 Å². The Balaban J connectivity index is 3.58. The van der Waals surface area contributed by atoms with Crippen LogP contribution < -0.4 is 0 Å². The summed E-state index contributed by atoms with van der Waals surface area (Å²) in [6, 6.07) is 0. The first-order chi connectivity index (χ1) is 22.6. The van der Waals surface area contributed by atoms with Crippen molar-refractivity contribution in [1.82, 2.24) is 0 Å². The molecule has 0 aromatic rings. The summed E-state index contributed by atoms with van der Waals surface area (Å²) < 4.78 is 10.6. The van der Waals surface area contributed by atoms with Gasteiger partial charge in [-0.05, 0) is 70.6 Å². The number of hydrogen-bond acceptors (Lipinski definition) is 5. The number of hydrogen-bond donors (Lipinski definition) is 1. The smallest absolute Gasteiger partial charge is 0.306 e. The summed E-state index contributed by atoms with van der Waals surface area (Å²) >= 11 is 0. The van der Waals surface area contributed by atoms with Gasteiger partial charge in [-0.3, -0.25) is 9.59 Å². The maximum atomic E-state index is 12.2. The van der Waals surface area contributed by atoms with E-state index < -0.39 is 6.10 Å². The number of rotatable bonds is 35. The highest BCUT2D eigenvalue weighted by Crippen LogP contribution is 2.13. The lowest BCUT2D eigenvalue weighted by atomic mass is 10.1. The predicted octanol–water partition coefficient (Wildman–Crippen LogP) is 12.1. The molecule has 5 nitrogen and oxygen atoms in total. The van der Waals surface area contributed by atoms with Crippen LogP contribution in [-0.2, 0) is 19.1 Å². The van der Waals surface area contributed by atoms with Gasteiger partial charge in [0.05, 0.1) is 6.61 Å². The van der Waals surface area contributed by atoms with Crippen molar-refractivity contribution in [3.63, 3.8) is 0 Å². The molecular formula is C41H74O5. The van der Waals surface area contributed by atoms with E-state index in [0.29, 0.717) is 12.8 Å². The molecule has 1 atom stereocenters. The Kier molecular flexibility index (Phi) is 36.0. The van der Waals surface area contributed by atoms with E-state index in [9.17, 15) is 14.7 Å². The molecule has 0 amide bonds. The monoisotopic (exact) mass is 647 g/mol. The first kappa shape index (κ1) is 44.1. The minimum Gasteiger partial charge on any atom is -0.462 e. The predicted molar refractivity (Wildman–Crippen MR) is 196 cm³/mol. The van der Waals surface area contributed by atoms with Crippen molar-refractivity contribution < 1.29 is 24.2 Å². The van der Waals surface area contributed by atoms with Crippen LogP contribution in [0.25, 0.3) is 0 Å². The molecule has 0 aliphatic carbocycles. The molecule has 0 fully saturated rings. The second-order valence-electron chi connectivity index (χ2n) is 13.0. The summed E-state index contributed by atoms with van der Waals surface area (Å²) in [5.41, 5.74) is 0. The Bertz CT molecular complexity index is 741. The van der Waals surface area contributed by atoms with Crippen molar-refractivity contribution in [2.75, 3.05) is 13.2 Å². The van der Waals surface area contributed by atoms with Gasteiger partial charge in [-0.1, -0.05) is 147 Å². The van der Waals surface area contributed by atoms with E-state index in [4.69, 9.17) is 9.47 Å². The van der Waals surface area contributed by atoms with Crippen LogP contribution in [0.3, 0.4) is 0 Å². The molecule has 0 aromatic heterocycles. The third-order valence-corrected chi connectivity index (χ3v) is 8.41. The van der Waals surface area contributed by atoms with Crippen LogP contribution in [0.15, 0.2) is 36.5 Å². The van der Waals surface area contributed by atoms with E-state index in [0.717, 1.165) is 51.4 Å². The molecule has 5 heteroatoms. The molecule has 0 saturated heterocycles. The van der Waals surface area contributed by atoms with Crippen molar-refractivity contribution >= 4 is 11.9 Å². The standard InChI is InChI=1S/C41H74O5/c1-3-5-7-9-11-13-15-17-19-20-22-24-26-28-30-32-34-36-41(44)46-39(37-42)38-45-40(43)35-33-31-29-27-25-23-21-18-16-14-12-10-8-6-4-2/h12,14,17-19,21,39,42H,3-11,13,15-16,20,22-38H2,1-2H3. The molecule has 0 heterocycles. The van der Waals surface area contributed by atoms with E-state index >= 15 is 0 Å². The highest BCUT2D eigenvalue weighted by molar-refractivity contribution is 5.70. The van der Waals surface area contributed by atoms with Crippen LogP contribution >= 0.6 is 0 Å². The summed E-state index contributed by atoms with van der Waals surface area (Å²) in [4.78, 5) is 24.2. The lowest BCUT2D eigenvalue weighted by Crippen LogP contribution is -2.28. The molecule has 0 aliphatic heterocycles. The van der Waals surface area contributed by atoms with Crippen molar-refractivity contribution in [2.24, 2.45) is 0 Å². The SMILES string of the molecule is CCCCCC=CCC=CCCCCCCCC(=O)OCC(CO)OC(=O)CCCCCCCCCC=CCCCCCCCC. The molecule has 0 rings (SSSR count). The first-order valence-corrected chi connectivity index (χ1v) is 19.5.